The predicted octanol–water partition coefficient (Wildman–Crippen LogP) is 4.94. The largest absolute Gasteiger partial charge is 0.450 e. The molecule has 12 heteroatoms. The molecule has 2 aromatic heterocycles. The highest BCUT2D eigenvalue weighted by molar-refractivity contribution is 7.13. The van der Waals surface area contributed by atoms with E-state index in [9.17, 15) is 14.4 Å². The van der Waals surface area contributed by atoms with Crippen molar-refractivity contribution in [3.05, 3.63) is 34.5 Å². The molecule has 3 amide bonds. The lowest BCUT2D eigenvalue weighted by atomic mass is 10.0. The third-order valence-corrected chi connectivity index (χ3v) is 7.30. The number of hydrogen-bond acceptors (Lipinski definition) is 9. The Morgan fingerprint density at radius 1 is 1.21 bits per heavy atom. The standard InChI is InChI=1S/C26H33FN4O6S/c1-3-5-10-36-25(33)29-18-15-35-12-9-17(18)28-23-21(27)16-14-31(26(34)37-11-6-4-2)24(32)20(16)22(30-23)19-8-7-13-38-19/h7-8,13,17-18H,3-6,9-12,14-15H2,1-2H3,(H,28,30)(H,29,33)/t17-,18+/m1/s1. The van der Waals surface area contributed by atoms with Crippen LogP contribution in [0.3, 0.4) is 0 Å². The minimum absolute atomic E-state index is 0.0563. The van der Waals surface area contributed by atoms with Gasteiger partial charge in [0.2, 0.25) is 0 Å². The van der Waals surface area contributed by atoms with Gasteiger partial charge in [-0.3, -0.25) is 4.79 Å². The van der Waals surface area contributed by atoms with Gasteiger partial charge in [0.1, 0.15) is 0 Å². The average molecular weight is 549 g/mol. The van der Waals surface area contributed by atoms with E-state index in [1.54, 1.807) is 6.07 Å². The van der Waals surface area contributed by atoms with Crippen molar-refractivity contribution in [2.45, 2.75) is 64.6 Å². The lowest BCUT2D eigenvalue weighted by Gasteiger charge is -2.33. The number of pyridine rings is 1. The number of amides is 3. The van der Waals surface area contributed by atoms with Crippen molar-refractivity contribution in [2.24, 2.45) is 0 Å². The number of nitrogens with one attached hydrogen (secondary N) is 2. The fraction of sp³-hybridized carbons (Fsp3) is 0.538. The van der Waals surface area contributed by atoms with E-state index in [1.807, 2.05) is 25.3 Å². The molecule has 4 heterocycles. The fourth-order valence-electron chi connectivity index (χ4n) is 4.30. The third-order valence-electron chi connectivity index (χ3n) is 6.42. The summed E-state index contributed by atoms with van der Waals surface area (Å²) in [4.78, 5) is 44.2. The minimum Gasteiger partial charge on any atom is -0.450 e. The van der Waals surface area contributed by atoms with Gasteiger partial charge in [0.15, 0.2) is 11.6 Å². The number of halogens is 1. The quantitative estimate of drug-likeness (QED) is 0.401. The van der Waals surface area contributed by atoms with Crippen LogP contribution in [0.1, 0.15) is 61.9 Å². The number of nitrogens with zero attached hydrogens (tertiary/aromatic N) is 2. The number of aromatic nitrogens is 1. The zero-order chi connectivity index (χ0) is 27.1. The summed E-state index contributed by atoms with van der Waals surface area (Å²) in [6.07, 6.45) is 2.27. The highest BCUT2D eigenvalue weighted by atomic mass is 32.1. The maximum absolute atomic E-state index is 15.9. The number of fused-ring (bicyclic) bond motifs is 1. The van der Waals surface area contributed by atoms with Gasteiger partial charge >= 0.3 is 12.2 Å². The monoisotopic (exact) mass is 548 g/mol. The van der Waals surface area contributed by atoms with Gasteiger partial charge in [-0.15, -0.1) is 11.3 Å². The predicted molar refractivity (Wildman–Crippen MR) is 140 cm³/mol. The number of rotatable bonds is 10. The van der Waals surface area contributed by atoms with E-state index in [0.717, 1.165) is 24.2 Å². The zero-order valence-corrected chi connectivity index (χ0v) is 22.4. The molecule has 2 aliphatic heterocycles. The lowest BCUT2D eigenvalue weighted by Crippen LogP contribution is -2.53. The summed E-state index contributed by atoms with van der Waals surface area (Å²) < 4.78 is 31.8. The first-order valence-corrected chi connectivity index (χ1v) is 13.8. The van der Waals surface area contributed by atoms with Gasteiger partial charge < -0.3 is 24.8 Å². The van der Waals surface area contributed by atoms with E-state index in [-0.39, 0.29) is 36.7 Å². The molecule has 2 N–H and O–H groups in total. The number of alkyl carbamates (subject to hydrolysis) is 1. The van der Waals surface area contributed by atoms with E-state index in [1.165, 1.54) is 11.3 Å². The number of imide groups is 1. The van der Waals surface area contributed by atoms with Gasteiger partial charge in [0.05, 0.1) is 54.6 Å². The summed E-state index contributed by atoms with van der Waals surface area (Å²) in [6, 6.07) is 2.72. The normalized spacial score (nSPS) is 18.7. The van der Waals surface area contributed by atoms with Crippen LogP contribution in [0.4, 0.5) is 19.8 Å². The van der Waals surface area contributed by atoms with Crippen molar-refractivity contribution in [3.63, 3.8) is 0 Å². The molecule has 0 saturated carbocycles. The van der Waals surface area contributed by atoms with E-state index in [0.29, 0.717) is 36.6 Å². The van der Waals surface area contributed by atoms with Crippen molar-refractivity contribution in [1.82, 2.24) is 15.2 Å². The molecule has 0 spiro atoms. The smallest absolute Gasteiger partial charge is 0.417 e. The number of carbonyl (C=O) groups excluding carboxylic acids is 3. The van der Waals surface area contributed by atoms with Crippen LogP contribution in [0, 0.1) is 5.82 Å². The zero-order valence-electron chi connectivity index (χ0n) is 21.6. The molecule has 10 nitrogen and oxygen atoms in total. The summed E-state index contributed by atoms with van der Waals surface area (Å²) >= 11 is 1.36. The van der Waals surface area contributed by atoms with Gasteiger partial charge in [-0.1, -0.05) is 32.8 Å². The summed E-state index contributed by atoms with van der Waals surface area (Å²) in [6.45, 7) is 4.84. The summed E-state index contributed by atoms with van der Waals surface area (Å²) in [5.74, 6) is -1.41. The Morgan fingerprint density at radius 3 is 2.68 bits per heavy atom. The SMILES string of the molecule is CCCCOC(=O)N[C@H]1COCC[C@H]1Nc1nc(-c2cccs2)c2c(c1F)CN(C(=O)OCCCC)C2=O. The Labute approximate surface area is 224 Å². The molecule has 0 unspecified atom stereocenters. The van der Waals surface area contributed by atoms with Crippen molar-refractivity contribution < 1.29 is 33.0 Å². The first-order chi connectivity index (χ1) is 18.4. The molecular formula is C26H33FN4O6S. The molecule has 2 aliphatic rings. The second kappa shape index (κ2) is 13.0. The highest BCUT2D eigenvalue weighted by Crippen LogP contribution is 2.38. The van der Waals surface area contributed by atoms with Crippen LogP contribution in [0.2, 0.25) is 0 Å². The number of anilines is 1. The number of ether oxygens (including phenoxy) is 3. The van der Waals surface area contributed by atoms with Gasteiger partial charge in [-0.2, -0.15) is 0 Å². The van der Waals surface area contributed by atoms with E-state index >= 15 is 4.39 Å². The molecule has 38 heavy (non-hydrogen) atoms. The lowest BCUT2D eigenvalue weighted by molar-refractivity contribution is 0.0583. The van der Waals surface area contributed by atoms with Crippen LogP contribution >= 0.6 is 11.3 Å². The Balaban J connectivity index is 1.59. The van der Waals surface area contributed by atoms with Crippen molar-refractivity contribution >= 4 is 35.2 Å². The van der Waals surface area contributed by atoms with Gasteiger partial charge in [0.25, 0.3) is 5.91 Å². The number of unbranched alkanes of at least 4 members (excludes halogenated alkanes) is 2. The molecule has 0 aromatic carbocycles. The van der Waals surface area contributed by atoms with E-state index in [4.69, 9.17) is 14.2 Å². The summed E-state index contributed by atoms with van der Waals surface area (Å²) in [5.41, 5.74) is 0.436. The molecule has 0 bridgehead atoms. The van der Waals surface area contributed by atoms with E-state index in [2.05, 4.69) is 15.6 Å². The molecule has 4 rings (SSSR count). The van der Waals surface area contributed by atoms with Crippen LogP contribution in [0.15, 0.2) is 17.5 Å². The maximum atomic E-state index is 15.9. The van der Waals surface area contributed by atoms with Crippen molar-refractivity contribution in [2.75, 3.05) is 31.7 Å². The van der Waals surface area contributed by atoms with Crippen LogP contribution in [-0.2, 0) is 20.8 Å². The highest BCUT2D eigenvalue weighted by Gasteiger charge is 2.40. The fourth-order valence-corrected chi connectivity index (χ4v) is 5.02. The molecule has 0 aliphatic carbocycles. The Morgan fingerprint density at radius 2 is 1.97 bits per heavy atom. The minimum atomic E-state index is -0.805. The van der Waals surface area contributed by atoms with Gasteiger partial charge in [0, 0.05) is 12.2 Å². The molecule has 2 aromatic rings. The first-order valence-electron chi connectivity index (χ1n) is 13.0. The topological polar surface area (TPSA) is 119 Å². The van der Waals surface area contributed by atoms with Crippen LogP contribution in [0.5, 0.6) is 0 Å². The Hall–Kier alpha value is -3.25. The Bertz CT molecular complexity index is 1150. The van der Waals surface area contributed by atoms with Crippen molar-refractivity contribution in [1.29, 1.82) is 0 Å². The van der Waals surface area contributed by atoms with Crippen LogP contribution < -0.4 is 10.6 Å². The third kappa shape index (κ3) is 6.24. The van der Waals surface area contributed by atoms with Crippen LogP contribution in [0.25, 0.3) is 10.6 Å². The maximum Gasteiger partial charge on any atom is 0.417 e. The average Bonchev–Trinajstić information content (AvgIpc) is 3.56. The van der Waals surface area contributed by atoms with E-state index < -0.39 is 36.0 Å². The molecule has 0 radical (unpaired) electrons. The number of thiophene rings is 1. The van der Waals surface area contributed by atoms with Gasteiger partial charge in [-0.05, 0) is 30.7 Å². The molecular weight excluding hydrogens is 515 g/mol. The first kappa shape index (κ1) is 27.8. The molecule has 1 fully saturated rings. The Kier molecular flexibility index (Phi) is 9.51. The van der Waals surface area contributed by atoms with Gasteiger partial charge in [-0.25, -0.2) is 23.9 Å². The number of hydrogen-bond donors (Lipinski definition) is 2. The molecule has 1 saturated heterocycles. The molecule has 206 valence electrons. The molecule has 2 atom stereocenters. The number of carbonyl (C=O) groups is 3. The summed E-state index contributed by atoms with van der Waals surface area (Å²) in [7, 11) is 0. The second-order valence-electron chi connectivity index (χ2n) is 9.17. The summed E-state index contributed by atoms with van der Waals surface area (Å²) in [5, 5.41) is 7.75. The second-order valence-corrected chi connectivity index (χ2v) is 10.1. The van der Waals surface area contributed by atoms with Crippen molar-refractivity contribution in [3.8, 4) is 10.6 Å². The van der Waals surface area contributed by atoms with Crippen LogP contribution in [-0.4, -0.2) is 66.5 Å².